The number of methoxy groups -OCH3 is 1. The predicted octanol–water partition coefficient (Wildman–Crippen LogP) is 0.0202. The summed E-state index contributed by atoms with van der Waals surface area (Å²) in [6.45, 7) is 3.03. The number of ether oxygens (including phenoxy) is 1. The van der Waals surface area contributed by atoms with Crippen LogP contribution in [-0.2, 0) is 14.8 Å². The van der Waals surface area contributed by atoms with Crippen LogP contribution in [-0.4, -0.2) is 50.8 Å². The molecule has 17 heavy (non-hydrogen) atoms. The van der Waals surface area contributed by atoms with Gasteiger partial charge in [0.05, 0.1) is 11.9 Å². The van der Waals surface area contributed by atoms with Crippen molar-refractivity contribution in [3.05, 3.63) is 0 Å². The second-order valence-corrected chi connectivity index (χ2v) is 7.32. The molecule has 0 aromatic rings. The second-order valence-electron chi connectivity index (χ2n) is 5.31. The van der Waals surface area contributed by atoms with Gasteiger partial charge in [-0.05, 0) is 31.6 Å². The molecule has 1 aliphatic carbocycles. The molecule has 4 atom stereocenters. The maximum atomic E-state index is 12.1. The quantitative estimate of drug-likeness (QED) is 0.775. The molecule has 0 aromatic heterocycles. The van der Waals surface area contributed by atoms with Crippen molar-refractivity contribution in [3.8, 4) is 0 Å². The number of sulfonamides is 1. The number of nitrogens with zero attached hydrogens (tertiary/aromatic N) is 1. The highest BCUT2D eigenvalue weighted by Gasteiger charge is 2.44. The fourth-order valence-corrected chi connectivity index (χ4v) is 4.72. The zero-order chi connectivity index (χ0) is 12.6. The number of rotatable bonds is 4. The van der Waals surface area contributed by atoms with Crippen molar-refractivity contribution in [2.75, 3.05) is 26.0 Å². The number of hydrogen-bond donors (Lipinski definition) is 1. The third-order valence-corrected chi connectivity index (χ3v) is 6.10. The van der Waals surface area contributed by atoms with E-state index in [1.807, 2.05) is 0 Å². The molecule has 6 heteroatoms. The highest BCUT2D eigenvalue weighted by atomic mass is 32.2. The standard InChI is InChI=1S/C11H22N2O3S/c1-8(16-2)7-17(14,15)13-5-9-3-4-11(12)10(9)6-13/h8-11H,3-7,12H2,1-2H3. The van der Waals surface area contributed by atoms with Gasteiger partial charge in [0.2, 0.25) is 10.0 Å². The maximum Gasteiger partial charge on any atom is 0.216 e. The Balaban J connectivity index is 2.01. The van der Waals surface area contributed by atoms with Crippen LogP contribution in [0.25, 0.3) is 0 Å². The Morgan fingerprint density at radius 3 is 2.71 bits per heavy atom. The maximum absolute atomic E-state index is 12.1. The minimum atomic E-state index is -3.18. The highest BCUT2D eigenvalue weighted by molar-refractivity contribution is 7.89. The van der Waals surface area contributed by atoms with Gasteiger partial charge < -0.3 is 10.5 Å². The molecule has 2 fully saturated rings. The summed E-state index contributed by atoms with van der Waals surface area (Å²) in [4.78, 5) is 0. The van der Waals surface area contributed by atoms with E-state index in [9.17, 15) is 8.42 Å². The van der Waals surface area contributed by atoms with E-state index in [0.717, 1.165) is 12.8 Å². The van der Waals surface area contributed by atoms with Gasteiger partial charge in [-0.2, -0.15) is 0 Å². The first-order chi connectivity index (χ1) is 7.94. The Morgan fingerprint density at radius 2 is 2.12 bits per heavy atom. The Hall–Kier alpha value is -0.170. The molecule has 4 unspecified atom stereocenters. The van der Waals surface area contributed by atoms with Gasteiger partial charge in [0.25, 0.3) is 0 Å². The van der Waals surface area contributed by atoms with E-state index < -0.39 is 10.0 Å². The van der Waals surface area contributed by atoms with E-state index in [4.69, 9.17) is 10.5 Å². The molecule has 1 saturated heterocycles. The van der Waals surface area contributed by atoms with E-state index in [2.05, 4.69) is 0 Å². The van der Waals surface area contributed by atoms with E-state index >= 15 is 0 Å². The van der Waals surface area contributed by atoms with Gasteiger partial charge in [-0.3, -0.25) is 0 Å². The molecule has 100 valence electrons. The summed E-state index contributed by atoms with van der Waals surface area (Å²) >= 11 is 0. The van der Waals surface area contributed by atoms with Crippen molar-refractivity contribution in [2.24, 2.45) is 17.6 Å². The number of hydrogen-bond acceptors (Lipinski definition) is 4. The minimum absolute atomic E-state index is 0.0676. The Morgan fingerprint density at radius 1 is 1.41 bits per heavy atom. The summed E-state index contributed by atoms with van der Waals surface area (Å²) < 4.78 is 30.9. The molecule has 2 aliphatic rings. The topological polar surface area (TPSA) is 72.6 Å². The fraction of sp³-hybridized carbons (Fsp3) is 1.00. The second kappa shape index (κ2) is 4.84. The molecule has 5 nitrogen and oxygen atoms in total. The molecule has 0 spiro atoms. The molecule has 2 rings (SSSR count). The molecule has 1 saturated carbocycles. The summed E-state index contributed by atoms with van der Waals surface area (Å²) in [5.74, 6) is 0.901. The minimum Gasteiger partial charge on any atom is -0.381 e. The Labute approximate surface area is 103 Å². The first-order valence-electron chi connectivity index (χ1n) is 6.20. The SMILES string of the molecule is COC(C)CS(=O)(=O)N1CC2CCC(N)C2C1. The lowest BCUT2D eigenvalue weighted by Gasteiger charge is -2.20. The monoisotopic (exact) mass is 262 g/mol. The van der Waals surface area contributed by atoms with Crippen LogP contribution in [0.4, 0.5) is 0 Å². The van der Waals surface area contributed by atoms with E-state index in [-0.39, 0.29) is 17.9 Å². The number of fused-ring (bicyclic) bond motifs is 1. The van der Waals surface area contributed by atoms with Gasteiger partial charge >= 0.3 is 0 Å². The van der Waals surface area contributed by atoms with E-state index in [1.54, 1.807) is 11.2 Å². The van der Waals surface area contributed by atoms with Crippen molar-refractivity contribution in [1.82, 2.24) is 4.31 Å². The normalized spacial score (nSPS) is 36.1. The van der Waals surface area contributed by atoms with Crippen LogP contribution < -0.4 is 5.73 Å². The first kappa shape index (κ1) is 13.3. The molecule has 0 aromatic carbocycles. The van der Waals surface area contributed by atoms with Gasteiger partial charge in [-0.1, -0.05) is 0 Å². The number of nitrogens with two attached hydrogens (primary N) is 1. The summed E-state index contributed by atoms with van der Waals surface area (Å²) in [6.07, 6.45) is 1.85. The molecule has 1 heterocycles. The van der Waals surface area contributed by atoms with Crippen LogP contribution in [0.2, 0.25) is 0 Å². The average Bonchev–Trinajstić information content (AvgIpc) is 2.81. The van der Waals surface area contributed by atoms with Crippen LogP contribution in [0, 0.1) is 11.8 Å². The summed E-state index contributed by atoms with van der Waals surface area (Å²) in [5.41, 5.74) is 6.01. The van der Waals surface area contributed by atoms with Gasteiger partial charge in [0.15, 0.2) is 0 Å². The lowest BCUT2D eigenvalue weighted by molar-refractivity contribution is 0.135. The molecular weight excluding hydrogens is 240 g/mol. The fourth-order valence-electron chi connectivity index (χ4n) is 2.96. The first-order valence-corrected chi connectivity index (χ1v) is 7.81. The van der Waals surface area contributed by atoms with Gasteiger partial charge in [0, 0.05) is 26.2 Å². The third kappa shape index (κ3) is 2.65. The van der Waals surface area contributed by atoms with E-state index in [0.29, 0.717) is 24.9 Å². The van der Waals surface area contributed by atoms with Crippen molar-refractivity contribution in [1.29, 1.82) is 0 Å². The van der Waals surface area contributed by atoms with Crippen LogP contribution >= 0.6 is 0 Å². The van der Waals surface area contributed by atoms with E-state index in [1.165, 1.54) is 7.11 Å². The average molecular weight is 262 g/mol. The smallest absolute Gasteiger partial charge is 0.216 e. The van der Waals surface area contributed by atoms with Crippen LogP contribution in [0.3, 0.4) is 0 Å². The van der Waals surface area contributed by atoms with Crippen molar-refractivity contribution < 1.29 is 13.2 Å². The molecule has 0 amide bonds. The Bertz CT molecular complexity index is 371. The molecule has 0 radical (unpaired) electrons. The summed E-state index contributed by atoms with van der Waals surface area (Å²) in [6, 6.07) is 0.181. The van der Waals surface area contributed by atoms with Crippen molar-refractivity contribution in [2.45, 2.75) is 31.9 Å². The van der Waals surface area contributed by atoms with Crippen LogP contribution in [0.5, 0.6) is 0 Å². The highest BCUT2D eigenvalue weighted by Crippen LogP contribution is 2.38. The summed E-state index contributed by atoms with van der Waals surface area (Å²) in [7, 11) is -1.65. The van der Waals surface area contributed by atoms with Gasteiger partial charge in [-0.25, -0.2) is 12.7 Å². The lowest BCUT2D eigenvalue weighted by Crippen LogP contribution is -2.37. The molecular formula is C11H22N2O3S. The third-order valence-electron chi connectivity index (χ3n) is 4.12. The molecule has 2 N–H and O–H groups in total. The van der Waals surface area contributed by atoms with Crippen molar-refractivity contribution in [3.63, 3.8) is 0 Å². The molecule has 0 bridgehead atoms. The predicted molar refractivity (Wildman–Crippen MR) is 66.0 cm³/mol. The zero-order valence-electron chi connectivity index (χ0n) is 10.5. The lowest BCUT2D eigenvalue weighted by atomic mass is 9.98. The zero-order valence-corrected chi connectivity index (χ0v) is 11.3. The van der Waals surface area contributed by atoms with Crippen LogP contribution in [0.1, 0.15) is 19.8 Å². The Kier molecular flexibility index (Phi) is 3.77. The molecule has 1 aliphatic heterocycles. The largest absolute Gasteiger partial charge is 0.381 e. The van der Waals surface area contributed by atoms with Crippen LogP contribution in [0.15, 0.2) is 0 Å². The van der Waals surface area contributed by atoms with Gasteiger partial charge in [0.1, 0.15) is 0 Å². The van der Waals surface area contributed by atoms with Gasteiger partial charge in [-0.15, -0.1) is 0 Å². The summed E-state index contributed by atoms with van der Waals surface area (Å²) in [5, 5.41) is 0. The van der Waals surface area contributed by atoms with Crippen molar-refractivity contribution >= 4 is 10.0 Å².